The van der Waals surface area contributed by atoms with Crippen molar-refractivity contribution in [2.24, 2.45) is 0 Å². The van der Waals surface area contributed by atoms with Crippen molar-refractivity contribution in [3.05, 3.63) is 70.7 Å². The summed E-state index contributed by atoms with van der Waals surface area (Å²) in [5.41, 5.74) is 2.30. The van der Waals surface area contributed by atoms with Gasteiger partial charge in [0, 0.05) is 49.5 Å². The van der Waals surface area contributed by atoms with E-state index in [1.165, 1.54) is 24.8 Å². The first-order valence-electron chi connectivity index (χ1n) is 12.2. The van der Waals surface area contributed by atoms with E-state index in [9.17, 15) is 9.59 Å². The van der Waals surface area contributed by atoms with Gasteiger partial charge in [-0.05, 0) is 36.1 Å². The molecule has 2 aromatic rings. The standard InChI is InChI=1S/C27H34ClN3O2/c28-22-13-11-21(12-14-22)27(20-7-3-1-4-8-20)24-19-29-17-18-31(24)26(33)16-15-25(32)30-23-9-5-2-6-10-23/h1,3-4,7-8,11-14,23-24,27,29H,2,5-6,9-10,15-19H2,(H,30,32). The van der Waals surface area contributed by atoms with Crippen LogP contribution in [-0.2, 0) is 9.59 Å². The summed E-state index contributed by atoms with van der Waals surface area (Å²) in [6.45, 7) is 2.12. The fraction of sp³-hybridized carbons (Fsp3) is 0.481. The van der Waals surface area contributed by atoms with Gasteiger partial charge in [-0.25, -0.2) is 0 Å². The lowest BCUT2D eigenvalue weighted by Gasteiger charge is -2.41. The van der Waals surface area contributed by atoms with Crippen LogP contribution in [0.2, 0.25) is 5.02 Å². The van der Waals surface area contributed by atoms with Crippen LogP contribution in [0.4, 0.5) is 0 Å². The van der Waals surface area contributed by atoms with Gasteiger partial charge in [0.2, 0.25) is 11.8 Å². The number of piperazine rings is 1. The summed E-state index contributed by atoms with van der Waals surface area (Å²) in [5.74, 6) is 0.0747. The third-order valence-corrected chi connectivity index (χ3v) is 7.16. The molecule has 0 radical (unpaired) electrons. The van der Waals surface area contributed by atoms with Gasteiger partial charge in [-0.1, -0.05) is 73.3 Å². The molecular weight excluding hydrogens is 434 g/mol. The molecule has 4 rings (SSSR count). The smallest absolute Gasteiger partial charge is 0.223 e. The molecular formula is C27H34ClN3O2. The highest BCUT2D eigenvalue weighted by Gasteiger charge is 2.34. The predicted molar refractivity (Wildman–Crippen MR) is 132 cm³/mol. The molecule has 2 aromatic carbocycles. The topological polar surface area (TPSA) is 61.4 Å². The molecule has 2 aliphatic rings. The second-order valence-corrected chi connectivity index (χ2v) is 9.64. The second-order valence-electron chi connectivity index (χ2n) is 9.20. The van der Waals surface area contributed by atoms with Crippen molar-refractivity contribution in [1.29, 1.82) is 0 Å². The number of carbonyl (C=O) groups is 2. The van der Waals surface area contributed by atoms with Crippen molar-refractivity contribution in [3.8, 4) is 0 Å². The van der Waals surface area contributed by atoms with Crippen LogP contribution in [0.3, 0.4) is 0 Å². The van der Waals surface area contributed by atoms with Crippen LogP contribution in [0.15, 0.2) is 54.6 Å². The first-order chi connectivity index (χ1) is 16.1. The molecule has 1 heterocycles. The molecule has 2 unspecified atom stereocenters. The van der Waals surface area contributed by atoms with Crippen LogP contribution in [0.25, 0.3) is 0 Å². The molecule has 6 heteroatoms. The predicted octanol–water partition coefficient (Wildman–Crippen LogP) is 4.50. The van der Waals surface area contributed by atoms with Gasteiger partial charge in [-0.3, -0.25) is 9.59 Å². The number of hydrogen-bond donors (Lipinski definition) is 2. The van der Waals surface area contributed by atoms with Crippen molar-refractivity contribution in [3.63, 3.8) is 0 Å². The van der Waals surface area contributed by atoms with Gasteiger partial charge in [0.25, 0.3) is 0 Å². The summed E-state index contributed by atoms with van der Waals surface area (Å²) in [6, 6.07) is 18.5. The van der Waals surface area contributed by atoms with Crippen LogP contribution in [0, 0.1) is 0 Å². The maximum absolute atomic E-state index is 13.3. The number of nitrogens with one attached hydrogen (secondary N) is 2. The number of amides is 2. The molecule has 2 amide bonds. The van der Waals surface area contributed by atoms with Crippen LogP contribution in [-0.4, -0.2) is 48.4 Å². The van der Waals surface area contributed by atoms with E-state index in [0.29, 0.717) is 18.1 Å². The summed E-state index contributed by atoms with van der Waals surface area (Å²) in [5, 5.41) is 7.30. The summed E-state index contributed by atoms with van der Waals surface area (Å²) in [4.78, 5) is 27.8. The fourth-order valence-corrected chi connectivity index (χ4v) is 5.34. The van der Waals surface area contributed by atoms with E-state index >= 15 is 0 Å². The van der Waals surface area contributed by atoms with Gasteiger partial charge in [0.1, 0.15) is 0 Å². The van der Waals surface area contributed by atoms with E-state index in [-0.39, 0.29) is 42.7 Å². The van der Waals surface area contributed by atoms with Crippen molar-refractivity contribution < 1.29 is 9.59 Å². The molecule has 1 aliphatic carbocycles. The maximum Gasteiger partial charge on any atom is 0.223 e. The quantitative estimate of drug-likeness (QED) is 0.630. The lowest BCUT2D eigenvalue weighted by atomic mass is 9.83. The number of carbonyl (C=O) groups excluding carboxylic acids is 2. The van der Waals surface area contributed by atoms with E-state index in [1.807, 2.05) is 35.2 Å². The summed E-state index contributed by atoms with van der Waals surface area (Å²) in [6.07, 6.45) is 6.22. The summed E-state index contributed by atoms with van der Waals surface area (Å²) >= 11 is 6.15. The zero-order chi connectivity index (χ0) is 23.0. The Morgan fingerprint density at radius 3 is 2.39 bits per heavy atom. The zero-order valence-electron chi connectivity index (χ0n) is 19.1. The first-order valence-corrected chi connectivity index (χ1v) is 12.6. The number of halogens is 1. The molecule has 1 aliphatic heterocycles. The van der Waals surface area contributed by atoms with Gasteiger partial charge >= 0.3 is 0 Å². The van der Waals surface area contributed by atoms with Gasteiger partial charge in [0.15, 0.2) is 0 Å². The highest BCUT2D eigenvalue weighted by atomic mass is 35.5. The maximum atomic E-state index is 13.3. The SMILES string of the molecule is O=C(CCC(=O)N1CCNCC1C(c1ccccc1)c1ccc(Cl)cc1)NC1CCCCC1. The Labute approximate surface area is 201 Å². The number of hydrogen-bond acceptors (Lipinski definition) is 3. The van der Waals surface area contributed by atoms with E-state index in [2.05, 4.69) is 34.9 Å². The third-order valence-electron chi connectivity index (χ3n) is 6.91. The Bertz CT molecular complexity index is 913. The van der Waals surface area contributed by atoms with Crippen molar-refractivity contribution in [2.75, 3.05) is 19.6 Å². The lowest BCUT2D eigenvalue weighted by molar-refractivity contribution is -0.136. The molecule has 176 valence electrons. The number of nitrogens with zero attached hydrogens (tertiary/aromatic N) is 1. The average molecular weight is 468 g/mol. The van der Waals surface area contributed by atoms with Gasteiger partial charge in [-0.2, -0.15) is 0 Å². The lowest BCUT2D eigenvalue weighted by Crippen LogP contribution is -2.56. The molecule has 33 heavy (non-hydrogen) atoms. The second kappa shape index (κ2) is 11.7. The Morgan fingerprint density at radius 2 is 1.67 bits per heavy atom. The van der Waals surface area contributed by atoms with E-state index < -0.39 is 0 Å². The Kier molecular flexibility index (Phi) is 8.40. The molecule has 2 fully saturated rings. The largest absolute Gasteiger partial charge is 0.353 e. The van der Waals surface area contributed by atoms with Gasteiger partial charge in [-0.15, -0.1) is 0 Å². The van der Waals surface area contributed by atoms with Crippen LogP contribution >= 0.6 is 11.6 Å². The normalized spacial score (nSPS) is 20.3. The molecule has 2 atom stereocenters. The van der Waals surface area contributed by atoms with E-state index in [4.69, 9.17) is 11.6 Å². The van der Waals surface area contributed by atoms with Crippen LogP contribution in [0.5, 0.6) is 0 Å². The molecule has 0 aromatic heterocycles. The monoisotopic (exact) mass is 467 g/mol. The highest BCUT2D eigenvalue weighted by Crippen LogP contribution is 2.33. The van der Waals surface area contributed by atoms with Crippen molar-refractivity contribution >= 4 is 23.4 Å². The third kappa shape index (κ3) is 6.36. The highest BCUT2D eigenvalue weighted by molar-refractivity contribution is 6.30. The molecule has 1 saturated heterocycles. The zero-order valence-corrected chi connectivity index (χ0v) is 19.9. The first kappa shape index (κ1) is 23.8. The molecule has 5 nitrogen and oxygen atoms in total. The molecule has 0 spiro atoms. The number of rotatable bonds is 7. The Hall–Kier alpha value is -2.37. The van der Waals surface area contributed by atoms with E-state index in [1.54, 1.807) is 0 Å². The minimum atomic E-state index is -0.0313. The summed E-state index contributed by atoms with van der Waals surface area (Å²) in [7, 11) is 0. The Morgan fingerprint density at radius 1 is 0.970 bits per heavy atom. The average Bonchev–Trinajstić information content (AvgIpc) is 2.85. The van der Waals surface area contributed by atoms with Crippen LogP contribution in [0.1, 0.15) is 62.0 Å². The molecule has 1 saturated carbocycles. The van der Waals surface area contributed by atoms with Gasteiger partial charge in [0.05, 0.1) is 6.04 Å². The minimum absolute atomic E-state index is 0.000699. The number of benzene rings is 2. The molecule has 2 N–H and O–H groups in total. The summed E-state index contributed by atoms with van der Waals surface area (Å²) < 4.78 is 0. The molecule has 0 bridgehead atoms. The Balaban J connectivity index is 1.47. The van der Waals surface area contributed by atoms with Gasteiger partial charge < -0.3 is 15.5 Å². The minimum Gasteiger partial charge on any atom is -0.353 e. The van der Waals surface area contributed by atoms with Crippen LogP contribution < -0.4 is 10.6 Å². The van der Waals surface area contributed by atoms with E-state index in [0.717, 1.165) is 24.9 Å². The van der Waals surface area contributed by atoms with Crippen molar-refractivity contribution in [2.45, 2.75) is 62.9 Å². The fourth-order valence-electron chi connectivity index (χ4n) is 5.21. The van der Waals surface area contributed by atoms with Crippen molar-refractivity contribution in [1.82, 2.24) is 15.5 Å².